The van der Waals surface area contributed by atoms with E-state index in [0.29, 0.717) is 31.1 Å². The number of carbonyl (C=O) groups is 2. The molecule has 0 bridgehead atoms. The molecule has 0 aliphatic carbocycles. The van der Waals surface area contributed by atoms with Crippen molar-refractivity contribution in [3.8, 4) is 0 Å². The first-order valence-corrected chi connectivity index (χ1v) is 9.58. The van der Waals surface area contributed by atoms with Crippen LogP contribution in [0.15, 0.2) is 24.3 Å². The van der Waals surface area contributed by atoms with Crippen molar-refractivity contribution in [3.05, 3.63) is 34.9 Å². The lowest BCUT2D eigenvalue weighted by molar-refractivity contribution is -0.146. The molecule has 142 valence electrons. The van der Waals surface area contributed by atoms with E-state index in [0.717, 1.165) is 18.4 Å². The van der Waals surface area contributed by atoms with Crippen LogP contribution in [0.5, 0.6) is 0 Å². The van der Waals surface area contributed by atoms with Gasteiger partial charge in [0.05, 0.1) is 17.4 Å². The molecule has 2 fully saturated rings. The molecule has 1 N–H and O–H groups in total. The number of carboxylic acids is 1. The van der Waals surface area contributed by atoms with Crippen LogP contribution in [0.4, 0.5) is 0 Å². The molecule has 2 aliphatic heterocycles. The van der Waals surface area contributed by atoms with Gasteiger partial charge in [0, 0.05) is 24.7 Å². The number of nitrogens with zero attached hydrogens (tertiary/aromatic N) is 1. The summed E-state index contributed by atoms with van der Waals surface area (Å²) in [6, 6.07) is 7.44. The predicted octanol–water partition coefficient (Wildman–Crippen LogP) is 3.35. The van der Waals surface area contributed by atoms with E-state index in [4.69, 9.17) is 16.3 Å². The van der Waals surface area contributed by atoms with Gasteiger partial charge in [-0.25, -0.2) is 0 Å². The van der Waals surface area contributed by atoms with Crippen LogP contribution in [0.3, 0.4) is 0 Å². The number of ether oxygens (including phenoxy) is 1. The number of aliphatic carboxylic acids is 1. The monoisotopic (exact) mass is 379 g/mol. The third-order valence-corrected chi connectivity index (χ3v) is 6.06. The lowest BCUT2D eigenvalue weighted by atomic mass is 9.80. The highest BCUT2D eigenvalue weighted by Gasteiger charge is 2.42. The van der Waals surface area contributed by atoms with Crippen LogP contribution >= 0.6 is 11.6 Å². The predicted molar refractivity (Wildman–Crippen MR) is 99.3 cm³/mol. The maximum atomic E-state index is 13.1. The van der Waals surface area contributed by atoms with E-state index in [1.165, 1.54) is 0 Å². The second-order valence-electron chi connectivity index (χ2n) is 7.83. The van der Waals surface area contributed by atoms with Gasteiger partial charge < -0.3 is 14.7 Å². The molecule has 0 radical (unpaired) electrons. The Morgan fingerprint density at radius 1 is 1.23 bits per heavy atom. The number of piperidine rings is 1. The van der Waals surface area contributed by atoms with Gasteiger partial charge in [0.2, 0.25) is 5.91 Å². The Kier molecular flexibility index (Phi) is 5.58. The molecule has 1 unspecified atom stereocenters. The Balaban J connectivity index is 1.64. The van der Waals surface area contributed by atoms with Crippen molar-refractivity contribution in [1.29, 1.82) is 0 Å². The minimum absolute atomic E-state index is 0.0836. The number of hydrogen-bond donors (Lipinski definition) is 1. The second-order valence-corrected chi connectivity index (χ2v) is 8.27. The van der Waals surface area contributed by atoms with Gasteiger partial charge in [-0.2, -0.15) is 0 Å². The number of carbonyl (C=O) groups excluding carboxylic acids is 1. The van der Waals surface area contributed by atoms with Crippen LogP contribution in [0.25, 0.3) is 0 Å². The van der Waals surface area contributed by atoms with Crippen LogP contribution in [0.2, 0.25) is 5.02 Å². The number of hydrogen-bond acceptors (Lipinski definition) is 3. The zero-order valence-electron chi connectivity index (χ0n) is 15.3. The highest BCUT2D eigenvalue weighted by atomic mass is 35.5. The molecule has 0 aromatic heterocycles. The first-order chi connectivity index (χ1) is 12.3. The first-order valence-electron chi connectivity index (χ1n) is 9.20. The fraction of sp³-hybridized carbons (Fsp3) is 0.600. The fourth-order valence-electron chi connectivity index (χ4n) is 4.17. The Morgan fingerprint density at radius 2 is 1.92 bits per heavy atom. The molecule has 1 amide bonds. The minimum Gasteiger partial charge on any atom is -0.481 e. The molecule has 2 heterocycles. The normalized spacial score (nSPS) is 24.7. The van der Waals surface area contributed by atoms with Gasteiger partial charge in [-0.1, -0.05) is 23.7 Å². The summed E-state index contributed by atoms with van der Waals surface area (Å²) in [5.41, 5.74) is 0.257. The number of halogens is 1. The number of amides is 1. The highest BCUT2D eigenvalue weighted by Crippen LogP contribution is 2.35. The van der Waals surface area contributed by atoms with Crippen molar-refractivity contribution >= 4 is 23.5 Å². The molecule has 0 saturated carbocycles. The molecule has 26 heavy (non-hydrogen) atoms. The maximum absolute atomic E-state index is 13.1. The maximum Gasteiger partial charge on any atom is 0.309 e. The summed E-state index contributed by atoms with van der Waals surface area (Å²) in [5, 5.41) is 9.98. The first kappa shape index (κ1) is 19.2. The van der Waals surface area contributed by atoms with Gasteiger partial charge in [0.25, 0.3) is 0 Å². The van der Waals surface area contributed by atoms with Gasteiger partial charge in [-0.3, -0.25) is 9.59 Å². The van der Waals surface area contributed by atoms with Crippen LogP contribution in [0, 0.1) is 11.8 Å². The topological polar surface area (TPSA) is 66.8 Å². The Bertz CT molecular complexity index is 682. The lowest BCUT2D eigenvalue weighted by Crippen LogP contribution is -2.49. The van der Waals surface area contributed by atoms with Gasteiger partial charge in [0.15, 0.2) is 0 Å². The zero-order valence-corrected chi connectivity index (χ0v) is 16.0. The fourth-order valence-corrected chi connectivity index (χ4v) is 4.36. The van der Waals surface area contributed by atoms with E-state index in [1.807, 2.05) is 36.9 Å². The molecule has 2 aliphatic rings. The minimum atomic E-state index is -0.770. The van der Waals surface area contributed by atoms with E-state index in [9.17, 15) is 14.7 Å². The quantitative estimate of drug-likeness (QED) is 0.871. The molecule has 1 aromatic rings. The van der Waals surface area contributed by atoms with Crippen LogP contribution in [0.1, 0.15) is 38.7 Å². The largest absolute Gasteiger partial charge is 0.481 e. The van der Waals surface area contributed by atoms with E-state index >= 15 is 0 Å². The Labute approximate surface area is 159 Å². The average Bonchev–Trinajstić information content (AvgIpc) is 3.11. The molecule has 2 saturated heterocycles. The molecular formula is C20H26ClNO4. The molecule has 3 rings (SSSR count). The third-order valence-electron chi connectivity index (χ3n) is 5.83. The van der Waals surface area contributed by atoms with Crippen LogP contribution < -0.4 is 0 Å². The summed E-state index contributed by atoms with van der Waals surface area (Å²) in [6.45, 7) is 5.64. The van der Waals surface area contributed by atoms with Gasteiger partial charge in [0.1, 0.15) is 0 Å². The van der Waals surface area contributed by atoms with Crippen molar-refractivity contribution in [2.45, 2.75) is 44.6 Å². The summed E-state index contributed by atoms with van der Waals surface area (Å²) < 4.78 is 5.71. The Hall–Kier alpha value is -1.59. The standard InChI is InChI=1S/C20H26ClNO4/c1-20(2,14-4-3-5-15(21)12-14)19(25)22-9-6-13(7-10-22)17-16(18(23)24)8-11-26-17/h3-5,12-13,16-17H,6-11H2,1-2H3,(H,23,24)/t16?,17-/m0/s1. The third kappa shape index (κ3) is 3.74. The van der Waals surface area contributed by atoms with Gasteiger partial charge in [-0.15, -0.1) is 0 Å². The van der Waals surface area contributed by atoms with E-state index in [2.05, 4.69) is 0 Å². The SMILES string of the molecule is CC(C)(C(=O)N1CCC([C@@H]2OCCC2C(=O)O)CC1)c1cccc(Cl)c1. The lowest BCUT2D eigenvalue weighted by Gasteiger charge is -2.39. The molecule has 6 heteroatoms. The van der Waals surface area contributed by atoms with Crippen LogP contribution in [-0.4, -0.2) is 47.7 Å². The van der Waals surface area contributed by atoms with Gasteiger partial charge in [-0.05, 0) is 56.7 Å². The summed E-state index contributed by atoms with van der Waals surface area (Å²) >= 11 is 6.09. The average molecular weight is 380 g/mol. The number of likely N-dealkylation sites (tertiary alicyclic amines) is 1. The summed E-state index contributed by atoms with van der Waals surface area (Å²) in [6.07, 6.45) is 1.93. The van der Waals surface area contributed by atoms with Crippen molar-refractivity contribution in [2.75, 3.05) is 19.7 Å². The smallest absolute Gasteiger partial charge is 0.309 e. The molecule has 0 spiro atoms. The molecular weight excluding hydrogens is 354 g/mol. The van der Waals surface area contributed by atoms with Gasteiger partial charge >= 0.3 is 5.97 Å². The summed E-state index contributed by atoms with van der Waals surface area (Å²) in [5.74, 6) is -0.893. The number of rotatable bonds is 4. The Morgan fingerprint density at radius 3 is 2.54 bits per heavy atom. The summed E-state index contributed by atoms with van der Waals surface area (Å²) in [7, 11) is 0. The van der Waals surface area contributed by atoms with Crippen molar-refractivity contribution in [2.24, 2.45) is 11.8 Å². The van der Waals surface area contributed by atoms with Crippen molar-refractivity contribution < 1.29 is 19.4 Å². The zero-order chi connectivity index (χ0) is 18.9. The molecule has 5 nitrogen and oxygen atoms in total. The summed E-state index contributed by atoms with van der Waals surface area (Å²) in [4.78, 5) is 26.4. The molecule has 2 atom stereocenters. The van der Waals surface area contributed by atoms with E-state index in [1.54, 1.807) is 6.07 Å². The molecule has 1 aromatic carbocycles. The highest BCUT2D eigenvalue weighted by molar-refractivity contribution is 6.30. The van der Waals surface area contributed by atoms with Crippen LogP contribution in [-0.2, 0) is 19.7 Å². The second kappa shape index (κ2) is 7.57. The van der Waals surface area contributed by atoms with Crippen molar-refractivity contribution in [3.63, 3.8) is 0 Å². The van der Waals surface area contributed by atoms with E-state index in [-0.39, 0.29) is 17.9 Å². The van der Waals surface area contributed by atoms with Crippen molar-refractivity contribution in [1.82, 2.24) is 4.90 Å². The van der Waals surface area contributed by atoms with E-state index < -0.39 is 17.3 Å². The number of carboxylic acid groups (broad SMARTS) is 1. The number of benzene rings is 1.